The molecular formula is C29H32Cl3N3O4S. The van der Waals surface area contributed by atoms with Gasteiger partial charge in [0.2, 0.25) is 11.8 Å². The summed E-state index contributed by atoms with van der Waals surface area (Å²) in [6.45, 7) is 5.25. The maximum atomic E-state index is 14.1. The van der Waals surface area contributed by atoms with Gasteiger partial charge in [-0.15, -0.1) is 0 Å². The Morgan fingerprint density at radius 3 is 2.25 bits per heavy atom. The highest BCUT2D eigenvalue weighted by atomic mass is 35.5. The zero-order chi connectivity index (χ0) is 29.4. The number of carbonyl (C=O) groups excluding carboxylic acids is 2. The summed E-state index contributed by atoms with van der Waals surface area (Å²) in [5.74, 6) is -0.914. The molecule has 0 bridgehead atoms. The lowest BCUT2D eigenvalue weighted by atomic mass is 10.1. The van der Waals surface area contributed by atoms with Crippen LogP contribution in [0.2, 0.25) is 15.1 Å². The zero-order valence-electron chi connectivity index (χ0n) is 22.5. The average molecular weight is 625 g/mol. The highest BCUT2D eigenvalue weighted by Gasteiger charge is 2.34. The summed E-state index contributed by atoms with van der Waals surface area (Å²) in [5, 5.41) is 3.96. The summed E-state index contributed by atoms with van der Waals surface area (Å²) in [4.78, 5) is 28.7. The number of amides is 2. The fourth-order valence-electron chi connectivity index (χ4n) is 4.22. The van der Waals surface area contributed by atoms with Gasteiger partial charge in [-0.1, -0.05) is 79.0 Å². The van der Waals surface area contributed by atoms with Crippen molar-refractivity contribution < 1.29 is 18.0 Å². The third kappa shape index (κ3) is 7.49. The number of halogens is 3. The van der Waals surface area contributed by atoms with Gasteiger partial charge in [0.1, 0.15) is 12.6 Å². The summed E-state index contributed by atoms with van der Waals surface area (Å²) in [6.07, 6.45) is 1.02. The maximum Gasteiger partial charge on any atom is 0.264 e. The lowest BCUT2D eigenvalue weighted by Gasteiger charge is -2.33. The quantitative estimate of drug-likeness (QED) is 0.250. The minimum atomic E-state index is -4.19. The molecule has 0 heterocycles. The number of hydrogen-bond acceptors (Lipinski definition) is 4. The molecule has 0 aliphatic carbocycles. The predicted octanol–water partition coefficient (Wildman–Crippen LogP) is 6.48. The van der Waals surface area contributed by atoms with E-state index in [2.05, 4.69) is 5.32 Å². The van der Waals surface area contributed by atoms with Crippen molar-refractivity contribution in [1.29, 1.82) is 0 Å². The second-order valence-electron chi connectivity index (χ2n) is 9.18. The van der Waals surface area contributed by atoms with E-state index >= 15 is 0 Å². The molecule has 40 heavy (non-hydrogen) atoms. The number of nitrogens with zero attached hydrogens (tertiary/aromatic N) is 2. The topological polar surface area (TPSA) is 86.8 Å². The van der Waals surface area contributed by atoms with Crippen LogP contribution in [0.25, 0.3) is 0 Å². The summed E-state index contributed by atoms with van der Waals surface area (Å²) < 4.78 is 28.9. The van der Waals surface area contributed by atoms with Gasteiger partial charge in [0.15, 0.2) is 0 Å². The fraction of sp³-hybridized carbons (Fsp3) is 0.310. The largest absolute Gasteiger partial charge is 0.354 e. The summed E-state index contributed by atoms with van der Waals surface area (Å²) >= 11 is 18.9. The lowest BCUT2D eigenvalue weighted by Crippen LogP contribution is -2.52. The van der Waals surface area contributed by atoms with Crippen LogP contribution in [0.1, 0.15) is 37.8 Å². The van der Waals surface area contributed by atoms with E-state index < -0.39 is 28.5 Å². The van der Waals surface area contributed by atoms with E-state index in [0.29, 0.717) is 39.2 Å². The highest BCUT2D eigenvalue weighted by Crippen LogP contribution is 2.31. The number of carbonyl (C=O) groups is 2. The standard InChI is InChI=1S/C29H32Cl3N3O4S/c1-4-16-33-29(37)26(5-2)34(18-21-14-15-22(30)17-25(21)32)28(36)19-35(27-13-9-12-24(31)20(27)3)40(38,39)23-10-7-6-8-11-23/h6-15,17,26H,4-5,16,18-19H2,1-3H3,(H,33,37)/t26-/m1/s1. The number of anilines is 1. The van der Waals surface area contributed by atoms with Gasteiger partial charge >= 0.3 is 0 Å². The molecule has 11 heteroatoms. The molecule has 0 radical (unpaired) electrons. The molecular weight excluding hydrogens is 593 g/mol. The van der Waals surface area contributed by atoms with Crippen LogP contribution in [-0.4, -0.2) is 44.3 Å². The van der Waals surface area contributed by atoms with E-state index in [1.165, 1.54) is 17.0 Å². The minimum Gasteiger partial charge on any atom is -0.354 e. The van der Waals surface area contributed by atoms with Crippen molar-refractivity contribution in [3.8, 4) is 0 Å². The van der Waals surface area contributed by atoms with Gasteiger partial charge in [-0.3, -0.25) is 13.9 Å². The summed E-state index contributed by atoms with van der Waals surface area (Å²) in [7, 11) is -4.19. The number of rotatable bonds is 12. The Morgan fingerprint density at radius 2 is 1.62 bits per heavy atom. The fourth-order valence-corrected chi connectivity index (χ4v) is 6.35. The molecule has 0 saturated carbocycles. The first-order valence-electron chi connectivity index (χ1n) is 12.8. The molecule has 3 rings (SSSR count). The normalized spacial score (nSPS) is 12.1. The Morgan fingerprint density at radius 1 is 0.925 bits per heavy atom. The van der Waals surface area contributed by atoms with Gasteiger partial charge in [-0.05, 0) is 67.3 Å². The van der Waals surface area contributed by atoms with Crippen molar-refractivity contribution in [2.45, 2.75) is 51.1 Å². The Bertz CT molecular complexity index is 1450. The molecule has 0 aliphatic heterocycles. The Balaban J connectivity index is 2.10. The molecule has 2 amide bonds. The van der Waals surface area contributed by atoms with Gasteiger partial charge in [-0.2, -0.15) is 0 Å². The number of hydrogen-bond donors (Lipinski definition) is 1. The molecule has 0 saturated heterocycles. The first-order valence-corrected chi connectivity index (χ1v) is 15.4. The molecule has 1 N–H and O–H groups in total. The zero-order valence-corrected chi connectivity index (χ0v) is 25.6. The summed E-state index contributed by atoms with van der Waals surface area (Å²) in [5.41, 5.74) is 1.33. The van der Waals surface area contributed by atoms with E-state index in [1.54, 1.807) is 68.4 Å². The van der Waals surface area contributed by atoms with Crippen LogP contribution in [0.5, 0.6) is 0 Å². The second-order valence-corrected chi connectivity index (χ2v) is 12.3. The minimum absolute atomic E-state index is 0.0159. The SMILES string of the molecule is CCCNC(=O)[C@@H](CC)N(Cc1ccc(Cl)cc1Cl)C(=O)CN(c1cccc(Cl)c1C)S(=O)(=O)c1ccccc1. The third-order valence-electron chi connectivity index (χ3n) is 6.41. The van der Waals surface area contributed by atoms with Gasteiger partial charge in [0.25, 0.3) is 10.0 Å². The molecule has 0 aromatic heterocycles. The van der Waals surface area contributed by atoms with E-state index in [-0.39, 0.29) is 23.0 Å². The Hall–Kier alpha value is -2.78. The molecule has 7 nitrogen and oxygen atoms in total. The second kappa shape index (κ2) is 14.2. The Kier molecular flexibility index (Phi) is 11.3. The van der Waals surface area contributed by atoms with Crippen molar-refractivity contribution >= 4 is 62.3 Å². The van der Waals surface area contributed by atoms with Crippen LogP contribution in [0, 0.1) is 6.92 Å². The van der Waals surface area contributed by atoms with Crippen molar-refractivity contribution in [2.24, 2.45) is 0 Å². The lowest BCUT2D eigenvalue weighted by molar-refractivity contribution is -0.140. The molecule has 0 spiro atoms. The molecule has 0 aliphatic rings. The van der Waals surface area contributed by atoms with Gasteiger partial charge in [0.05, 0.1) is 10.6 Å². The number of nitrogens with one attached hydrogen (secondary N) is 1. The number of benzene rings is 3. The molecule has 3 aromatic carbocycles. The average Bonchev–Trinajstić information content (AvgIpc) is 2.93. The molecule has 1 atom stereocenters. The third-order valence-corrected chi connectivity index (χ3v) is 9.18. The van der Waals surface area contributed by atoms with Crippen molar-refractivity contribution in [2.75, 3.05) is 17.4 Å². The van der Waals surface area contributed by atoms with Gasteiger partial charge in [-0.25, -0.2) is 8.42 Å². The smallest absolute Gasteiger partial charge is 0.264 e. The van der Waals surface area contributed by atoms with E-state index in [1.807, 2.05) is 6.92 Å². The van der Waals surface area contributed by atoms with Gasteiger partial charge in [0, 0.05) is 28.2 Å². The molecule has 0 unspecified atom stereocenters. The molecule has 3 aromatic rings. The highest BCUT2D eigenvalue weighted by molar-refractivity contribution is 7.92. The first kappa shape index (κ1) is 31.7. The molecule has 214 valence electrons. The van der Waals surface area contributed by atoms with Crippen LogP contribution < -0.4 is 9.62 Å². The van der Waals surface area contributed by atoms with Crippen LogP contribution in [0.4, 0.5) is 5.69 Å². The summed E-state index contributed by atoms with van der Waals surface area (Å²) in [6, 6.07) is 16.7. The number of sulfonamides is 1. The Labute approximate surface area is 251 Å². The van der Waals surface area contributed by atoms with E-state index in [0.717, 1.165) is 10.7 Å². The first-order chi connectivity index (χ1) is 19.0. The van der Waals surface area contributed by atoms with Crippen LogP contribution in [0.3, 0.4) is 0 Å². The van der Waals surface area contributed by atoms with Crippen molar-refractivity contribution in [3.63, 3.8) is 0 Å². The van der Waals surface area contributed by atoms with Crippen molar-refractivity contribution in [1.82, 2.24) is 10.2 Å². The van der Waals surface area contributed by atoms with E-state index in [9.17, 15) is 18.0 Å². The molecule has 0 fully saturated rings. The van der Waals surface area contributed by atoms with Crippen molar-refractivity contribution in [3.05, 3.63) is 92.9 Å². The predicted molar refractivity (Wildman–Crippen MR) is 162 cm³/mol. The van der Waals surface area contributed by atoms with Crippen LogP contribution >= 0.6 is 34.8 Å². The monoisotopic (exact) mass is 623 g/mol. The van der Waals surface area contributed by atoms with Crippen LogP contribution in [0.15, 0.2) is 71.6 Å². The van der Waals surface area contributed by atoms with E-state index in [4.69, 9.17) is 34.8 Å². The van der Waals surface area contributed by atoms with Crippen LogP contribution in [-0.2, 0) is 26.2 Å². The van der Waals surface area contributed by atoms with Gasteiger partial charge < -0.3 is 10.2 Å². The maximum absolute atomic E-state index is 14.1.